The summed E-state index contributed by atoms with van der Waals surface area (Å²) in [4.78, 5) is 27.5. The van der Waals surface area contributed by atoms with E-state index in [4.69, 9.17) is 20.6 Å². The van der Waals surface area contributed by atoms with Crippen molar-refractivity contribution in [2.45, 2.75) is 31.8 Å². The number of nitrogens with one attached hydrogen (secondary N) is 1. The minimum Gasteiger partial charge on any atom is -0.480 e. The van der Waals surface area contributed by atoms with Crippen LogP contribution in [-0.2, 0) is 13.9 Å². The van der Waals surface area contributed by atoms with Gasteiger partial charge in [0.05, 0.1) is 0 Å². The number of aliphatic carboxylic acids is 1. The van der Waals surface area contributed by atoms with E-state index in [0.29, 0.717) is 13.0 Å². The first-order valence-corrected chi connectivity index (χ1v) is 10.3. The minimum atomic E-state index is -3.14. The molecule has 0 amide bonds. The van der Waals surface area contributed by atoms with Crippen molar-refractivity contribution in [1.29, 1.82) is 0 Å². The van der Waals surface area contributed by atoms with Crippen molar-refractivity contribution in [2.75, 3.05) is 26.0 Å². The Morgan fingerprint density at radius 1 is 1.45 bits per heavy atom. The molecule has 10 heteroatoms. The number of nitrogens with two attached hydrogens (primary N) is 1. The van der Waals surface area contributed by atoms with Crippen LogP contribution in [0.1, 0.15) is 19.8 Å². The van der Waals surface area contributed by atoms with E-state index in [0.717, 1.165) is 0 Å². The second-order valence-electron chi connectivity index (χ2n) is 4.69. The van der Waals surface area contributed by atoms with Gasteiger partial charge < -0.3 is 25.9 Å². The number of carbonyl (C=O) groups is 1. The maximum atomic E-state index is 11.0. The summed E-state index contributed by atoms with van der Waals surface area (Å²) in [5.41, 5.74) is 5.53. The number of carboxylic acids is 1. The minimum absolute atomic E-state index is 0.00907. The molecule has 122 valence electrons. The number of hydrogen-bond acceptors (Lipinski definition) is 5. The van der Waals surface area contributed by atoms with E-state index < -0.39 is 27.4 Å². The molecule has 4 atom stereocenters. The fraction of sp³-hybridized carbons (Fsp3) is 0.900. The van der Waals surface area contributed by atoms with E-state index in [2.05, 4.69) is 5.32 Å². The van der Waals surface area contributed by atoms with Gasteiger partial charge in [-0.25, -0.2) is 0 Å². The zero-order valence-corrected chi connectivity index (χ0v) is 14.0. The van der Waals surface area contributed by atoms with E-state index in [1.165, 1.54) is 13.3 Å². The molecular formula is C10H26N2O6P2. The van der Waals surface area contributed by atoms with Crippen LogP contribution in [0.25, 0.3) is 0 Å². The molecule has 0 fully saturated rings. The van der Waals surface area contributed by atoms with Crippen LogP contribution in [0.4, 0.5) is 0 Å². The van der Waals surface area contributed by atoms with Crippen LogP contribution in [-0.4, -0.2) is 59.0 Å². The van der Waals surface area contributed by atoms with E-state index in [9.17, 15) is 13.9 Å². The molecule has 0 aliphatic rings. The first kappa shape index (κ1) is 22.1. The summed E-state index contributed by atoms with van der Waals surface area (Å²) >= 11 is 0. The lowest BCUT2D eigenvalue weighted by Crippen LogP contribution is -2.39. The first-order chi connectivity index (χ1) is 8.95. The second kappa shape index (κ2) is 11.4. The molecule has 0 saturated carbocycles. The predicted octanol–water partition coefficient (Wildman–Crippen LogP) is 0.140. The van der Waals surface area contributed by atoms with Gasteiger partial charge in [0.2, 0.25) is 0 Å². The molecule has 4 unspecified atom stereocenters. The van der Waals surface area contributed by atoms with Crippen molar-refractivity contribution in [1.82, 2.24) is 5.32 Å². The monoisotopic (exact) mass is 332 g/mol. The summed E-state index contributed by atoms with van der Waals surface area (Å²) in [5, 5.41) is 11.7. The average molecular weight is 332 g/mol. The zero-order valence-electron chi connectivity index (χ0n) is 12.1. The molecule has 0 aliphatic heterocycles. The molecule has 0 saturated heterocycles. The molecule has 0 aromatic carbocycles. The Morgan fingerprint density at radius 2 is 1.90 bits per heavy atom. The van der Waals surface area contributed by atoms with Crippen molar-refractivity contribution >= 4 is 21.4 Å². The third kappa shape index (κ3) is 20.1. The number of rotatable bonds is 8. The molecule has 0 aliphatic carbocycles. The highest BCUT2D eigenvalue weighted by Gasteiger charge is 2.20. The van der Waals surface area contributed by atoms with Crippen molar-refractivity contribution in [3.8, 4) is 0 Å². The Labute approximate surface area is 120 Å². The van der Waals surface area contributed by atoms with Gasteiger partial charge in [-0.05, 0) is 26.3 Å². The lowest BCUT2D eigenvalue weighted by molar-refractivity contribution is -0.139. The van der Waals surface area contributed by atoms with Crippen molar-refractivity contribution in [3.63, 3.8) is 0 Å². The molecule has 0 heterocycles. The molecule has 0 aromatic rings. The summed E-state index contributed by atoms with van der Waals surface area (Å²) < 4.78 is 20.2. The Kier molecular flexibility index (Phi) is 12.6. The Morgan fingerprint density at radius 3 is 2.20 bits per heavy atom. The van der Waals surface area contributed by atoms with Crippen LogP contribution in [0.2, 0.25) is 0 Å². The predicted molar refractivity (Wildman–Crippen MR) is 80.1 cm³/mol. The van der Waals surface area contributed by atoms with Crippen LogP contribution in [0, 0.1) is 0 Å². The van der Waals surface area contributed by atoms with Crippen LogP contribution in [0.5, 0.6) is 0 Å². The van der Waals surface area contributed by atoms with E-state index >= 15 is 0 Å². The topological polar surface area (TPSA) is 150 Å². The van der Waals surface area contributed by atoms with Gasteiger partial charge >= 0.3 is 5.97 Å². The third-order valence-electron chi connectivity index (χ3n) is 2.12. The highest BCUT2D eigenvalue weighted by Crippen LogP contribution is 2.35. The van der Waals surface area contributed by atoms with Gasteiger partial charge in [-0.15, -0.1) is 0 Å². The highest BCUT2D eigenvalue weighted by molar-refractivity contribution is 7.57. The SMILES string of the molecule is CC(N)CCNC(CCP(C)(=O)O)C(=O)O.C[PH](=O)O. The second-order valence-corrected chi connectivity index (χ2v) is 8.28. The third-order valence-corrected chi connectivity index (χ3v) is 3.21. The van der Waals surface area contributed by atoms with Crippen molar-refractivity contribution in [3.05, 3.63) is 0 Å². The molecule has 8 nitrogen and oxygen atoms in total. The quantitative estimate of drug-likeness (QED) is 0.394. The molecule has 0 bridgehead atoms. The van der Waals surface area contributed by atoms with E-state index in [-0.39, 0.29) is 18.6 Å². The molecule has 0 spiro atoms. The molecule has 20 heavy (non-hydrogen) atoms. The summed E-state index contributed by atoms with van der Waals surface area (Å²) in [7, 11) is -5.27. The largest absolute Gasteiger partial charge is 0.480 e. The Balaban J connectivity index is 0. The Bertz CT molecular complexity index is 341. The van der Waals surface area contributed by atoms with Gasteiger partial charge in [-0.1, -0.05) is 0 Å². The van der Waals surface area contributed by atoms with Gasteiger partial charge in [0, 0.05) is 25.5 Å². The van der Waals surface area contributed by atoms with Gasteiger partial charge in [-0.3, -0.25) is 13.9 Å². The van der Waals surface area contributed by atoms with E-state index in [1.54, 1.807) is 0 Å². The van der Waals surface area contributed by atoms with Gasteiger partial charge in [0.1, 0.15) is 6.04 Å². The molecule has 0 radical (unpaired) electrons. The number of carboxylic acid groups (broad SMARTS) is 1. The lowest BCUT2D eigenvalue weighted by Gasteiger charge is -2.16. The average Bonchev–Trinajstić information content (AvgIpc) is 2.19. The molecular weight excluding hydrogens is 306 g/mol. The zero-order chi connectivity index (χ0) is 16.3. The van der Waals surface area contributed by atoms with Crippen molar-refractivity contribution in [2.24, 2.45) is 5.73 Å². The van der Waals surface area contributed by atoms with Gasteiger partial charge in [-0.2, -0.15) is 0 Å². The van der Waals surface area contributed by atoms with Gasteiger partial charge in [0.25, 0.3) is 0 Å². The summed E-state index contributed by atoms with van der Waals surface area (Å²) in [5.74, 6) is -1.00. The summed E-state index contributed by atoms with van der Waals surface area (Å²) in [6.07, 6.45) is 0.834. The fourth-order valence-electron chi connectivity index (χ4n) is 1.17. The highest BCUT2D eigenvalue weighted by atomic mass is 31.2. The number of hydrogen-bond donors (Lipinski definition) is 5. The molecule has 6 N–H and O–H groups in total. The molecule has 0 rings (SSSR count). The van der Waals surface area contributed by atoms with Crippen molar-refractivity contribution < 1.29 is 28.8 Å². The smallest absolute Gasteiger partial charge is 0.320 e. The summed E-state index contributed by atoms with van der Waals surface area (Å²) in [6.45, 7) is 4.83. The van der Waals surface area contributed by atoms with Crippen LogP contribution < -0.4 is 11.1 Å². The maximum absolute atomic E-state index is 11.0. The molecule has 0 aromatic heterocycles. The first-order valence-electron chi connectivity index (χ1n) is 6.16. The standard InChI is InChI=1S/C9H21N2O4P.CH5O2P/c1-7(10)3-5-11-8(9(12)13)4-6-16(2,14)15;1-4(2)3/h7-8,11H,3-6,10H2,1-2H3,(H,12,13)(H,14,15);4H,1H3,(H,2,3). The fourth-order valence-corrected chi connectivity index (χ4v) is 1.90. The van der Waals surface area contributed by atoms with E-state index in [1.807, 2.05) is 6.92 Å². The van der Waals surface area contributed by atoms with Crippen LogP contribution in [0.3, 0.4) is 0 Å². The normalized spacial score (nSPS) is 18.1. The Hall–Kier alpha value is -0.230. The van der Waals surface area contributed by atoms with Gasteiger partial charge in [0.15, 0.2) is 15.4 Å². The van der Waals surface area contributed by atoms with Crippen LogP contribution in [0.15, 0.2) is 0 Å². The van der Waals surface area contributed by atoms with Crippen LogP contribution >= 0.6 is 15.4 Å². The maximum Gasteiger partial charge on any atom is 0.320 e. The lowest BCUT2D eigenvalue weighted by atomic mass is 10.2. The summed E-state index contributed by atoms with van der Waals surface area (Å²) in [6, 6.07) is -0.767.